The number of urea groups is 1. The van der Waals surface area contributed by atoms with Crippen molar-refractivity contribution >= 4 is 11.9 Å². The minimum atomic E-state index is -0.966. The maximum atomic E-state index is 13.8. The van der Waals surface area contributed by atoms with Gasteiger partial charge in [-0.15, -0.1) is 0 Å². The van der Waals surface area contributed by atoms with Crippen LogP contribution in [-0.2, 0) is 17.6 Å². The summed E-state index contributed by atoms with van der Waals surface area (Å²) in [5, 5.41) is 3.09. The summed E-state index contributed by atoms with van der Waals surface area (Å²) in [5.74, 6) is -0.133. The molecule has 3 amide bonds. The average Bonchev–Trinajstić information content (AvgIpc) is 2.98. The van der Waals surface area contributed by atoms with Crippen molar-refractivity contribution in [3.05, 3.63) is 71.8 Å². The highest BCUT2D eigenvalue weighted by Gasteiger charge is 2.51. The second-order valence-corrected chi connectivity index (χ2v) is 8.82. The van der Waals surface area contributed by atoms with E-state index < -0.39 is 5.54 Å². The predicted molar refractivity (Wildman–Crippen MR) is 125 cm³/mol. The summed E-state index contributed by atoms with van der Waals surface area (Å²) in [5.41, 5.74) is 1.11. The molecule has 1 heterocycles. The Labute approximate surface area is 186 Å². The molecule has 5 nitrogen and oxygen atoms in total. The maximum Gasteiger partial charge on any atom is 0.326 e. The van der Waals surface area contributed by atoms with E-state index >= 15 is 0 Å². The van der Waals surface area contributed by atoms with Crippen LogP contribution in [0.25, 0.3) is 0 Å². The van der Waals surface area contributed by atoms with Gasteiger partial charge in [0.2, 0.25) is 0 Å². The molecule has 0 saturated carbocycles. The highest BCUT2D eigenvalue weighted by atomic mass is 16.2. The fraction of sp³-hybridized carbons (Fsp3) is 0.462. The standard InChI is InChI=1S/C26H35N3O2/c1-4-5-12-17-28(21(2)3)20-29-24(30)26(27-25(29)31,18-22-13-8-6-9-14-22)19-23-15-10-7-11-16-23/h6-11,13-16,21H,4-5,12,17-20H2,1-3H3,(H,27,31). The Morgan fingerprint density at radius 3 is 1.94 bits per heavy atom. The third-order valence-corrected chi connectivity index (χ3v) is 6.05. The van der Waals surface area contributed by atoms with Crippen LogP contribution >= 0.6 is 0 Å². The van der Waals surface area contributed by atoms with Crippen LogP contribution < -0.4 is 5.32 Å². The van der Waals surface area contributed by atoms with Crippen LogP contribution in [0.3, 0.4) is 0 Å². The monoisotopic (exact) mass is 421 g/mol. The molecule has 2 aromatic carbocycles. The summed E-state index contributed by atoms with van der Waals surface area (Å²) in [4.78, 5) is 30.4. The molecule has 166 valence electrons. The van der Waals surface area contributed by atoms with Crippen LogP contribution in [0.15, 0.2) is 60.7 Å². The summed E-state index contributed by atoms with van der Waals surface area (Å²) in [6, 6.07) is 19.8. The molecule has 0 aliphatic carbocycles. The van der Waals surface area contributed by atoms with Crippen LogP contribution in [0.1, 0.15) is 51.2 Å². The quantitative estimate of drug-likeness (QED) is 0.425. The van der Waals surface area contributed by atoms with Crippen molar-refractivity contribution < 1.29 is 9.59 Å². The molecule has 1 aliphatic heterocycles. The van der Waals surface area contributed by atoms with Gasteiger partial charge >= 0.3 is 6.03 Å². The zero-order valence-electron chi connectivity index (χ0n) is 19.0. The topological polar surface area (TPSA) is 52.6 Å². The minimum absolute atomic E-state index is 0.133. The zero-order valence-corrected chi connectivity index (χ0v) is 19.0. The number of nitrogens with one attached hydrogen (secondary N) is 1. The number of hydrogen-bond donors (Lipinski definition) is 1. The van der Waals surface area contributed by atoms with E-state index in [4.69, 9.17) is 0 Å². The molecule has 5 heteroatoms. The first-order valence-electron chi connectivity index (χ1n) is 11.4. The summed E-state index contributed by atoms with van der Waals surface area (Å²) >= 11 is 0. The van der Waals surface area contributed by atoms with Gasteiger partial charge in [0.05, 0.1) is 6.67 Å². The molecule has 0 spiro atoms. The molecular formula is C26H35N3O2. The van der Waals surface area contributed by atoms with Gasteiger partial charge in [-0.05, 0) is 31.4 Å². The zero-order chi connectivity index (χ0) is 22.3. The SMILES string of the molecule is CCCCCN(CN1C(=O)NC(Cc2ccccc2)(Cc2ccccc2)C1=O)C(C)C. The molecule has 1 fully saturated rings. The van der Waals surface area contributed by atoms with Gasteiger partial charge in [0.15, 0.2) is 0 Å². The Morgan fingerprint density at radius 2 is 1.45 bits per heavy atom. The van der Waals surface area contributed by atoms with E-state index in [0.717, 1.165) is 36.9 Å². The van der Waals surface area contributed by atoms with E-state index in [1.807, 2.05) is 60.7 Å². The van der Waals surface area contributed by atoms with Crippen molar-refractivity contribution in [1.82, 2.24) is 15.1 Å². The fourth-order valence-corrected chi connectivity index (χ4v) is 4.23. The number of benzene rings is 2. The van der Waals surface area contributed by atoms with Crippen molar-refractivity contribution in [2.24, 2.45) is 0 Å². The molecule has 1 saturated heterocycles. The number of amides is 3. The van der Waals surface area contributed by atoms with E-state index in [0.29, 0.717) is 19.5 Å². The molecule has 3 rings (SSSR count). The number of unbranched alkanes of at least 4 members (excludes halogenated alkanes) is 2. The maximum absolute atomic E-state index is 13.8. The van der Waals surface area contributed by atoms with Gasteiger partial charge in [0.1, 0.15) is 5.54 Å². The Balaban J connectivity index is 1.85. The van der Waals surface area contributed by atoms with Gasteiger partial charge in [-0.1, -0.05) is 80.4 Å². The molecule has 0 atom stereocenters. The van der Waals surface area contributed by atoms with Gasteiger partial charge in [-0.2, -0.15) is 0 Å². The third kappa shape index (κ3) is 5.73. The van der Waals surface area contributed by atoms with Crippen LogP contribution in [0.2, 0.25) is 0 Å². The number of hydrogen-bond acceptors (Lipinski definition) is 3. The predicted octanol–water partition coefficient (Wildman–Crippen LogP) is 4.62. The van der Waals surface area contributed by atoms with Crippen LogP contribution in [0.4, 0.5) is 4.79 Å². The number of nitrogens with zero attached hydrogens (tertiary/aromatic N) is 2. The molecule has 1 aliphatic rings. The summed E-state index contributed by atoms with van der Waals surface area (Å²) < 4.78 is 0. The van der Waals surface area contributed by atoms with E-state index in [1.54, 1.807) is 0 Å². The van der Waals surface area contributed by atoms with E-state index in [1.165, 1.54) is 4.90 Å². The molecule has 1 N–H and O–H groups in total. The smallest absolute Gasteiger partial charge is 0.322 e. The van der Waals surface area contributed by atoms with Crippen molar-refractivity contribution in [2.75, 3.05) is 13.2 Å². The number of imide groups is 1. The Hall–Kier alpha value is -2.66. The van der Waals surface area contributed by atoms with Gasteiger partial charge < -0.3 is 5.32 Å². The summed E-state index contributed by atoms with van der Waals surface area (Å²) in [6.07, 6.45) is 4.31. The van der Waals surface area contributed by atoms with Gasteiger partial charge in [-0.25, -0.2) is 9.69 Å². The van der Waals surface area contributed by atoms with Gasteiger partial charge in [0, 0.05) is 25.4 Å². The molecule has 0 bridgehead atoms. The lowest BCUT2D eigenvalue weighted by Crippen LogP contribution is -2.52. The normalized spacial score (nSPS) is 15.7. The van der Waals surface area contributed by atoms with Crippen LogP contribution in [0, 0.1) is 0 Å². The van der Waals surface area contributed by atoms with Crippen LogP contribution in [-0.4, -0.2) is 46.5 Å². The van der Waals surface area contributed by atoms with Crippen molar-refractivity contribution in [2.45, 2.75) is 64.5 Å². The highest BCUT2D eigenvalue weighted by molar-refractivity contribution is 6.07. The lowest BCUT2D eigenvalue weighted by atomic mass is 9.84. The minimum Gasteiger partial charge on any atom is -0.322 e. The molecule has 0 unspecified atom stereocenters. The molecule has 0 aromatic heterocycles. The molecule has 0 radical (unpaired) electrons. The van der Waals surface area contributed by atoms with Gasteiger partial charge in [0.25, 0.3) is 5.91 Å². The second kappa shape index (κ2) is 10.6. The number of rotatable bonds is 11. The summed E-state index contributed by atoms with van der Waals surface area (Å²) in [7, 11) is 0. The first-order chi connectivity index (χ1) is 14.9. The molecular weight excluding hydrogens is 386 g/mol. The Morgan fingerprint density at radius 1 is 0.903 bits per heavy atom. The van der Waals surface area contributed by atoms with E-state index in [-0.39, 0.29) is 18.0 Å². The fourth-order valence-electron chi connectivity index (χ4n) is 4.23. The Bertz CT molecular complexity index is 810. The first kappa shape index (κ1) is 23.0. The number of carbonyl (C=O) groups is 2. The lowest BCUT2D eigenvalue weighted by molar-refractivity contribution is -0.133. The third-order valence-electron chi connectivity index (χ3n) is 6.05. The highest BCUT2D eigenvalue weighted by Crippen LogP contribution is 2.27. The van der Waals surface area contributed by atoms with Crippen molar-refractivity contribution in [3.8, 4) is 0 Å². The largest absolute Gasteiger partial charge is 0.326 e. The summed E-state index contributed by atoms with van der Waals surface area (Å²) in [6.45, 7) is 7.63. The van der Waals surface area contributed by atoms with Crippen molar-refractivity contribution in [1.29, 1.82) is 0 Å². The van der Waals surface area contributed by atoms with Crippen LogP contribution in [0.5, 0.6) is 0 Å². The van der Waals surface area contributed by atoms with Crippen molar-refractivity contribution in [3.63, 3.8) is 0 Å². The molecule has 31 heavy (non-hydrogen) atoms. The Kier molecular flexibility index (Phi) is 7.85. The molecule has 2 aromatic rings. The lowest BCUT2D eigenvalue weighted by Gasteiger charge is -2.31. The van der Waals surface area contributed by atoms with E-state index in [2.05, 4.69) is 31.0 Å². The van der Waals surface area contributed by atoms with Gasteiger partial charge in [-0.3, -0.25) is 9.69 Å². The van der Waals surface area contributed by atoms with E-state index in [9.17, 15) is 9.59 Å². The number of carbonyl (C=O) groups excluding carboxylic acids is 2. The first-order valence-corrected chi connectivity index (χ1v) is 11.4. The second-order valence-electron chi connectivity index (χ2n) is 8.82. The average molecular weight is 422 g/mol.